The Bertz CT molecular complexity index is 798. The van der Waals surface area contributed by atoms with E-state index < -0.39 is 5.41 Å². The standard InChI is InChI=1S/C28H38O3/c1-17(2)24-10-9-18(3)11-25(24)31-27(30)28(26(29)21-7-5-4-6-8-21)22-13-19-12-20(15-22)16-23(28)14-19/h4-8,17-20,22-25H,9-16H2,1-3H3/t18-,19?,20?,22?,23?,24+,25-,28?/m1/s1. The van der Waals surface area contributed by atoms with Gasteiger partial charge in [-0.15, -0.1) is 0 Å². The van der Waals surface area contributed by atoms with Crippen LogP contribution in [-0.2, 0) is 9.53 Å². The molecule has 0 radical (unpaired) electrons. The fourth-order valence-electron chi connectivity index (χ4n) is 8.04. The molecule has 168 valence electrons. The van der Waals surface area contributed by atoms with Crippen LogP contribution in [0.3, 0.4) is 0 Å². The maximum absolute atomic E-state index is 14.2. The summed E-state index contributed by atoms with van der Waals surface area (Å²) in [6.07, 6.45) is 8.61. The van der Waals surface area contributed by atoms with Gasteiger partial charge in [0.2, 0.25) is 0 Å². The molecule has 6 rings (SSSR count). The van der Waals surface area contributed by atoms with Crippen molar-refractivity contribution in [3.05, 3.63) is 35.9 Å². The van der Waals surface area contributed by atoms with Gasteiger partial charge < -0.3 is 4.74 Å². The van der Waals surface area contributed by atoms with Crippen molar-refractivity contribution in [2.24, 2.45) is 46.8 Å². The molecule has 0 saturated heterocycles. The van der Waals surface area contributed by atoms with Gasteiger partial charge in [-0.05, 0) is 86.4 Å². The van der Waals surface area contributed by atoms with E-state index in [1.165, 1.54) is 12.8 Å². The Labute approximate surface area is 187 Å². The summed E-state index contributed by atoms with van der Waals surface area (Å²) in [6.45, 7) is 6.76. The van der Waals surface area contributed by atoms with Gasteiger partial charge in [0.1, 0.15) is 11.5 Å². The number of ether oxygens (including phenoxy) is 1. The lowest BCUT2D eigenvalue weighted by Gasteiger charge is -2.59. The zero-order valence-corrected chi connectivity index (χ0v) is 19.4. The Kier molecular flexibility index (Phi) is 5.51. The van der Waals surface area contributed by atoms with Crippen LogP contribution in [0.2, 0.25) is 0 Å². The van der Waals surface area contributed by atoms with Crippen LogP contribution in [0.4, 0.5) is 0 Å². The number of benzene rings is 1. The first kappa shape index (κ1) is 21.2. The third-order valence-corrected chi connectivity index (χ3v) is 9.40. The van der Waals surface area contributed by atoms with Crippen molar-refractivity contribution >= 4 is 11.8 Å². The number of rotatable bonds is 5. The van der Waals surface area contributed by atoms with Crippen LogP contribution in [0.15, 0.2) is 30.3 Å². The predicted molar refractivity (Wildman–Crippen MR) is 121 cm³/mol. The van der Waals surface area contributed by atoms with Crippen LogP contribution < -0.4 is 0 Å². The molecule has 1 aromatic carbocycles. The predicted octanol–water partition coefficient (Wildman–Crippen LogP) is 6.32. The Hall–Kier alpha value is -1.64. The van der Waals surface area contributed by atoms with Crippen molar-refractivity contribution in [3.8, 4) is 0 Å². The molecule has 5 aliphatic carbocycles. The quantitative estimate of drug-likeness (QED) is 0.317. The molecule has 0 aromatic heterocycles. The topological polar surface area (TPSA) is 43.4 Å². The minimum atomic E-state index is -0.961. The first-order valence-corrected chi connectivity index (χ1v) is 12.7. The zero-order valence-electron chi connectivity index (χ0n) is 19.4. The molecule has 4 bridgehead atoms. The zero-order chi connectivity index (χ0) is 21.8. The molecule has 5 saturated carbocycles. The molecule has 5 aliphatic rings. The number of carbonyl (C=O) groups excluding carboxylic acids is 2. The maximum atomic E-state index is 14.2. The Morgan fingerprint density at radius 2 is 1.52 bits per heavy atom. The molecule has 0 amide bonds. The summed E-state index contributed by atoms with van der Waals surface area (Å²) < 4.78 is 6.45. The minimum absolute atomic E-state index is 0.0388. The van der Waals surface area contributed by atoms with E-state index >= 15 is 0 Å². The second kappa shape index (κ2) is 8.05. The number of carbonyl (C=O) groups is 2. The highest BCUT2D eigenvalue weighted by atomic mass is 16.5. The highest BCUT2D eigenvalue weighted by Gasteiger charge is 2.66. The van der Waals surface area contributed by atoms with E-state index in [0.717, 1.165) is 38.5 Å². The third kappa shape index (κ3) is 3.47. The number of Topliss-reactive ketones (excluding diaryl/α,β-unsaturated/α-hetero) is 1. The monoisotopic (exact) mass is 422 g/mol. The van der Waals surface area contributed by atoms with Crippen LogP contribution in [0, 0.1) is 46.8 Å². The normalized spacial score (nSPS) is 41.4. The summed E-state index contributed by atoms with van der Waals surface area (Å²) >= 11 is 0. The summed E-state index contributed by atoms with van der Waals surface area (Å²) in [5.41, 5.74) is -0.277. The fraction of sp³-hybridized carbons (Fsp3) is 0.714. The van der Waals surface area contributed by atoms with Gasteiger partial charge >= 0.3 is 5.97 Å². The largest absolute Gasteiger partial charge is 0.461 e. The van der Waals surface area contributed by atoms with Gasteiger partial charge in [0.25, 0.3) is 0 Å². The molecule has 5 fully saturated rings. The Morgan fingerprint density at radius 1 is 0.903 bits per heavy atom. The minimum Gasteiger partial charge on any atom is -0.461 e. The molecule has 0 unspecified atom stereocenters. The molecule has 3 heteroatoms. The molecule has 0 aliphatic heterocycles. The molecule has 0 N–H and O–H groups in total. The number of ketones is 1. The molecule has 31 heavy (non-hydrogen) atoms. The average molecular weight is 423 g/mol. The molecular weight excluding hydrogens is 384 g/mol. The van der Waals surface area contributed by atoms with E-state index in [4.69, 9.17) is 4.74 Å². The van der Waals surface area contributed by atoms with Crippen LogP contribution in [0.1, 0.15) is 82.5 Å². The van der Waals surface area contributed by atoms with Crippen molar-refractivity contribution in [1.82, 2.24) is 0 Å². The summed E-state index contributed by atoms with van der Waals surface area (Å²) in [6, 6.07) is 9.55. The summed E-state index contributed by atoms with van der Waals surface area (Å²) in [7, 11) is 0. The van der Waals surface area contributed by atoms with E-state index in [9.17, 15) is 9.59 Å². The van der Waals surface area contributed by atoms with Crippen molar-refractivity contribution in [3.63, 3.8) is 0 Å². The first-order chi connectivity index (χ1) is 14.9. The van der Waals surface area contributed by atoms with Gasteiger partial charge in [0.05, 0.1) is 0 Å². The van der Waals surface area contributed by atoms with Crippen LogP contribution in [-0.4, -0.2) is 17.9 Å². The number of esters is 1. The van der Waals surface area contributed by atoms with Crippen LogP contribution >= 0.6 is 0 Å². The van der Waals surface area contributed by atoms with Crippen molar-refractivity contribution in [1.29, 1.82) is 0 Å². The molecule has 3 nitrogen and oxygen atoms in total. The van der Waals surface area contributed by atoms with Gasteiger partial charge in [0.15, 0.2) is 5.78 Å². The second-order valence-electron chi connectivity index (χ2n) is 11.6. The summed E-state index contributed by atoms with van der Waals surface area (Å²) in [5.74, 6) is 3.04. The van der Waals surface area contributed by atoms with E-state index in [0.29, 0.717) is 35.2 Å². The van der Waals surface area contributed by atoms with Crippen LogP contribution in [0.5, 0.6) is 0 Å². The number of hydrogen-bond acceptors (Lipinski definition) is 3. The smallest absolute Gasteiger partial charge is 0.320 e. The summed E-state index contributed by atoms with van der Waals surface area (Å²) in [4.78, 5) is 28.3. The van der Waals surface area contributed by atoms with Crippen molar-refractivity contribution in [2.45, 2.75) is 78.2 Å². The van der Waals surface area contributed by atoms with Gasteiger partial charge in [-0.3, -0.25) is 9.59 Å². The average Bonchev–Trinajstić information content (AvgIpc) is 2.73. The molecule has 0 spiro atoms. The second-order valence-corrected chi connectivity index (χ2v) is 11.6. The maximum Gasteiger partial charge on any atom is 0.320 e. The molecule has 1 aromatic rings. The van der Waals surface area contributed by atoms with Crippen molar-refractivity contribution < 1.29 is 14.3 Å². The highest BCUT2D eigenvalue weighted by Crippen LogP contribution is 2.63. The van der Waals surface area contributed by atoms with E-state index in [-0.39, 0.29) is 29.7 Å². The van der Waals surface area contributed by atoms with E-state index in [1.54, 1.807) is 0 Å². The fourth-order valence-corrected chi connectivity index (χ4v) is 8.04. The lowest BCUT2D eigenvalue weighted by atomic mass is 9.44. The van der Waals surface area contributed by atoms with Gasteiger partial charge in [0, 0.05) is 5.56 Å². The van der Waals surface area contributed by atoms with Gasteiger partial charge in [-0.2, -0.15) is 0 Å². The Balaban J connectivity index is 1.50. The lowest BCUT2D eigenvalue weighted by molar-refractivity contribution is -0.185. The summed E-state index contributed by atoms with van der Waals surface area (Å²) in [5, 5.41) is 0. The van der Waals surface area contributed by atoms with Gasteiger partial charge in [-0.1, -0.05) is 57.5 Å². The SMILES string of the molecule is CC(C)[C@@H]1CC[C@@H](C)C[C@H]1OC(=O)C1(C(=O)c2ccccc2)C2CC3CC(C2)CC1C3. The van der Waals surface area contributed by atoms with Gasteiger partial charge in [-0.25, -0.2) is 0 Å². The molecular formula is C28H38O3. The Morgan fingerprint density at radius 3 is 2.10 bits per heavy atom. The molecule has 3 atom stereocenters. The highest BCUT2D eigenvalue weighted by molar-refractivity contribution is 6.13. The lowest BCUT2D eigenvalue weighted by Crippen LogP contribution is -2.61. The van der Waals surface area contributed by atoms with E-state index in [1.807, 2.05) is 30.3 Å². The van der Waals surface area contributed by atoms with E-state index in [2.05, 4.69) is 20.8 Å². The van der Waals surface area contributed by atoms with Crippen molar-refractivity contribution in [2.75, 3.05) is 0 Å². The molecule has 0 heterocycles. The number of hydrogen-bond donors (Lipinski definition) is 0. The third-order valence-electron chi connectivity index (χ3n) is 9.40. The first-order valence-electron chi connectivity index (χ1n) is 12.7. The van der Waals surface area contributed by atoms with Crippen LogP contribution in [0.25, 0.3) is 0 Å².